The van der Waals surface area contributed by atoms with Crippen LogP contribution >= 0.6 is 15.9 Å². The summed E-state index contributed by atoms with van der Waals surface area (Å²) in [5, 5.41) is 7.77. The van der Waals surface area contributed by atoms with Crippen molar-refractivity contribution in [2.24, 2.45) is 0 Å². The van der Waals surface area contributed by atoms with Crippen LogP contribution in [-0.2, 0) is 16.6 Å². The molecule has 0 bridgehead atoms. The second-order valence-electron chi connectivity index (χ2n) is 5.35. The lowest BCUT2D eigenvalue weighted by atomic mass is 10.3. The molecule has 0 atom stereocenters. The minimum Gasteiger partial charge on any atom is -0.424 e. The van der Waals surface area contributed by atoms with Crippen LogP contribution in [0.2, 0.25) is 0 Å². The molecule has 2 heterocycles. The molecule has 0 N–H and O–H groups in total. The van der Waals surface area contributed by atoms with Crippen LogP contribution in [0, 0.1) is 6.92 Å². The molecule has 0 amide bonds. The Morgan fingerprint density at radius 2 is 1.96 bits per heavy atom. The number of nitrogens with zero attached hydrogens (tertiary/aromatic N) is 4. The molecule has 0 unspecified atom stereocenters. The fourth-order valence-electron chi connectivity index (χ4n) is 2.50. The molecule has 2 aromatic rings. The molecule has 0 saturated carbocycles. The zero-order valence-corrected chi connectivity index (χ0v) is 15.0. The second kappa shape index (κ2) is 6.68. The number of piperazine rings is 1. The largest absolute Gasteiger partial charge is 0.424 e. The lowest BCUT2D eigenvalue weighted by Crippen LogP contribution is -2.48. The molecule has 0 radical (unpaired) electrons. The Labute approximate surface area is 143 Å². The Balaban J connectivity index is 1.64. The minimum absolute atomic E-state index is 0.313. The molecule has 1 aliphatic heterocycles. The van der Waals surface area contributed by atoms with E-state index in [9.17, 15) is 8.42 Å². The topological polar surface area (TPSA) is 79.5 Å². The number of rotatable bonds is 4. The lowest BCUT2D eigenvalue weighted by Gasteiger charge is -2.33. The van der Waals surface area contributed by atoms with Gasteiger partial charge in [0.15, 0.2) is 0 Å². The van der Waals surface area contributed by atoms with Gasteiger partial charge in [0, 0.05) is 37.6 Å². The van der Waals surface area contributed by atoms with Crippen molar-refractivity contribution < 1.29 is 12.8 Å². The van der Waals surface area contributed by atoms with Crippen LogP contribution in [0.5, 0.6) is 0 Å². The number of benzene rings is 1. The Hall–Kier alpha value is -1.29. The fourth-order valence-corrected chi connectivity index (χ4v) is 4.52. The fraction of sp³-hybridized carbons (Fsp3) is 0.429. The first kappa shape index (κ1) is 16.6. The standard InChI is InChI=1S/C14H17BrN4O3S/c1-11-16-17-14(22-11)10-18-5-7-19(8-6-18)23(20,21)13-4-2-3-12(15)9-13/h2-4,9H,5-8,10H2,1H3. The zero-order valence-electron chi connectivity index (χ0n) is 12.6. The molecule has 0 aliphatic carbocycles. The molecule has 1 aliphatic rings. The van der Waals surface area contributed by atoms with E-state index in [2.05, 4.69) is 31.0 Å². The third-order valence-corrected chi connectivity index (χ3v) is 6.08. The Kier molecular flexibility index (Phi) is 4.81. The highest BCUT2D eigenvalue weighted by Crippen LogP contribution is 2.21. The van der Waals surface area contributed by atoms with Gasteiger partial charge >= 0.3 is 0 Å². The smallest absolute Gasteiger partial charge is 0.243 e. The first-order valence-corrected chi connectivity index (χ1v) is 9.45. The predicted octanol–water partition coefficient (Wildman–Crippen LogP) is 1.65. The quantitative estimate of drug-likeness (QED) is 0.775. The Morgan fingerprint density at radius 1 is 1.22 bits per heavy atom. The molecule has 9 heteroatoms. The summed E-state index contributed by atoms with van der Waals surface area (Å²) < 4.78 is 32.9. The van der Waals surface area contributed by atoms with Gasteiger partial charge in [-0.2, -0.15) is 4.31 Å². The first-order chi connectivity index (χ1) is 10.9. The Morgan fingerprint density at radius 3 is 2.57 bits per heavy atom. The molecule has 23 heavy (non-hydrogen) atoms. The maximum atomic E-state index is 12.7. The van der Waals surface area contributed by atoms with Gasteiger partial charge in [-0.05, 0) is 18.2 Å². The highest BCUT2D eigenvalue weighted by molar-refractivity contribution is 9.10. The van der Waals surface area contributed by atoms with Crippen molar-refractivity contribution in [1.82, 2.24) is 19.4 Å². The first-order valence-electron chi connectivity index (χ1n) is 7.22. The summed E-state index contributed by atoms with van der Waals surface area (Å²) in [6, 6.07) is 6.78. The van der Waals surface area contributed by atoms with Crippen LogP contribution in [0.15, 0.2) is 38.1 Å². The summed E-state index contributed by atoms with van der Waals surface area (Å²) in [6.07, 6.45) is 0. The Bertz CT molecular complexity index is 785. The van der Waals surface area contributed by atoms with Crippen LogP contribution in [0.25, 0.3) is 0 Å². The normalized spacial score (nSPS) is 17.5. The number of hydrogen-bond acceptors (Lipinski definition) is 6. The van der Waals surface area contributed by atoms with Gasteiger partial charge in [0.2, 0.25) is 21.8 Å². The van der Waals surface area contributed by atoms with Crippen LogP contribution < -0.4 is 0 Å². The van der Waals surface area contributed by atoms with E-state index in [1.807, 2.05) is 6.07 Å². The number of halogens is 1. The van der Waals surface area contributed by atoms with Crippen molar-refractivity contribution in [3.8, 4) is 0 Å². The molecule has 1 saturated heterocycles. The third kappa shape index (κ3) is 3.79. The van der Waals surface area contributed by atoms with E-state index >= 15 is 0 Å². The van der Waals surface area contributed by atoms with Crippen molar-refractivity contribution in [3.05, 3.63) is 40.5 Å². The number of aryl methyl sites for hydroxylation is 1. The second-order valence-corrected chi connectivity index (χ2v) is 8.21. The van der Waals surface area contributed by atoms with Crippen molar-refractivity contribution in [2.75, 3.05) is 26.2 Å². The molecule has 1 fully saturated rings. The van der Waals surface area contributed by atoms with Gasteiger partial charge in [0.1, 0.15) is 0 Å². The van der Waals surface area contributed by atoms with Gasteiger partial charge in [-0.25, -0.2) is 8.42 Å². The molecule has 7 nitrogen and oxygen atoms in total. The van der Waals surface area contributed by atoms with E-state index in [1.165, 1.54) is 4.31 Å². The predicted molar refractivity (Wildman–Crippen MR) is 87.2 cm³/mol. The highest BCUT2D eigenvalue weighted by Gasteiger charge is 2.29. The van der Waals surface area contributed by atoms with Crippen LogP contribution in [0.3, 0.4) is 0 Å². The maximum absolute atomic E-state index is 12.7. The van der Waals surface area contributed by atoms with E-state index < -0.39 is 10.0 Å². The van der Waals surface area contributed by atoms with Crippen LogP contribution in [0.4, 0.5) is 0 Å². The zero-order chi connectivity index (χ0) is 16.4. The van der Waals surface area contributed by atoms with Crippen LogP contribution in [0.1, 0.15) is 11.8 Å². The van der Waals surface area contributed by atoms with E-state index in [-0.39, 0.29) is 0 Å². The number of aromatic nitrogens is 2. The van der Waals surface area contributed by atoms with Gasteiger partial charge in [-0.1, -0.05) is 22.0 Å². The van der Waals surface area contributed by atoms with Gasteiger partial charge in [0.25, 0.3) is 0 Å². The van der Waals surface area contributed by atoms with Gasteiger partial charge in [-0.3, -0.25) is 4.90 Å². The van der Waals surface area contributed by atoms with Gasteiger partial charge < -0.3 is 4.42 Å². The van der Waals surface area contributed by atoms with Gasteiger partial charge in [0.05, 0.1) is 11.4 Å². The summed E-state index contributed by atoms with van der Waals surface area (Å²) in [5.41, 5.74) is 0. The van der Waals surface area contributed by atoms with E-state index in [4.69, 9.17) is 4.42 Å². The SMILES string of the molecule is Cc1nnc(CN2CCN(S(=O)(=O)c3cccc(Br)c3)CC2)o1. The van der Waals surface area contributed by atoms with Crippen molar-refractivity contribution in [3.63, 3.8) is 0 Å². The van der Waals surface area contributed by atoms with Crippen molar-refractivity contribution in [2.45, 2.75) is 18.4 Å². The summed E-state index contributed by atoms with van der Waals surface area (Å²) in [6.45, 7) is 4.46. The summed E-state index contributed by atoms with van der Waals surface area (Å²) in [4.78, 5) is 2.42. The van der Waals surface area contributed by atoms with E-state index in [0.29, 0.717) is 49.4 Å². The summed E-state index contributed by atoms with van der Waals surface area (Å²) >= 11 is 3.31. The monoisotopic (exact) mass is 400 g/mol. The molecule has 3 rings (SSSR count). The molecule has 1 aromatic heterocycles. The van der Waals surface area contributed by atoms with Crippen molar-refractivity contribution >= 4 is 26.0 Å². The van der Waals surface area contributed by atoms with Crippen molar-refractivity contribution in [1.29, 1.82) is 0 Å². The lowest BCUT2D eigenvalue weighted by molar-refractivity contribution is 0.167. The van der Waals surface area contributed by atoms with Gasteiger partial charge in [-0.15, -0.1) is 10.2 Å². The summed E-state index contributed by atoms with van der Waals surface area (Å²) in [5.74, 6) is 1.10. The van der Waals surface area contributed by atoms with Crippen LogP contribution in [-0.4, -0.2) is 54.0 Å². The molecule has 0 spiro atoms. The highest BCUT2D eigenvalue weighted by atomic mass is 79.9. The average Bonchev–Trinajstić information content (AvgIpc) is 2.93. The average molecular weight is 401 g/mol. The molecule has 124 valence electrons. The third-order valence-electron chi connectivity index (χ3n) is 3.69. The molecule has 1 aromatic carbocycles. The number of sulfonamides is 1. The molecular weight excluding hydrogens is 384 g/mol. The maximum Gasteiger partial charge on any atom is 0.243 e. The minimum atomic E-state index is -3.45. The van der Waals surface area contributed by atoms with E-state index in [0.717, 1.165) is 4.47 Å². The van der Waals surface area contributed by atoms with E-state index in [1.54, 1.807) is 25.1 Å². The molecular formula is C14H17BrN4O3S. The number of hydrogen-bond donors (Lipinski definition) is 0. The summed E-state index contributed by atoms with van der Waals surface area (Å²) in [7, 11) is -3.45.